The van der Waals surface area contributed by atoms with E-state index in [9.17, 15) is 5.11 Å². The molecule has 0 aliphatic heterocycles. The summed E-state index contributed by atoms with van der Waals surface area (Å²) in [5.41, 5.74) is 8.77. The van der Waals surface area contributed by atoms with Gasteiger partial charge in [0.15, 0.2) is 0 Å². The zero-order valence-electron chi connectivity index (χ0n) is 31.4. The summed E-state index contributed by atoms with van der Waals surface area (Å²) in [6, 6.07) is 38.7. The largest absolute Gasteiger partial charge is 0.505 e. The maximum Gasteiger partial charge on any atom is 0.217 e. The first kappa shape index (κ1) is 37.0. The summed E-state index contributed by atoms with van der Waals surface area (Å²) in [7, 11) is 0. The molecule has 6 heteroatoms. The number of rotatable bonds is 5. The fraction of sp³-hybridized carbons (Fsp3) is 0.261. The molecule has 3 heterocycles. The van der Waals surface area contributed by atoms with Crippen LogP contribution in [-0.4, -0.2) is 19.6 Å². The van der Waals surface area contributed by atoms with Gasteiger partial charge >= 0.3 is 0 Å². The van der Waals surface area contributed by atoms with E-state index < -0.39 is 0 Å². The van der Waals surface area contributed by atoms with E-state index in [0.717, 1.165) is 66.7 Å². The molecule has 5 nitrogen and oxygen atoms in total. The van der Waals surface area contributed by atoms with Crippen LogP contribution in [0.2, 0.25) is 0 Å². The second-order valence-corrected chi connectivity index (χ2v) is 16.6. The molecule has 0 unspecified atom stereocenters. The SMILES string of the molecule is CC(C)(C)c1cc(Oc2cc(-c3ccccc3)ccn2)[c-]c(-c2ccc3c4ccccc4n(-c4cc(C(C)(C)C)cc(C(C)(C)C)c4O)c3n2)c1.[Pt]. The van der Waals surface area contributed by atoms with E-state index in [0.29, 0.717) is 11.6 Å². The van der Waals surface area contributed by atoms with Crippen molar-refractivity contribution in [3.63, 3.8) is 0 Å². The van der Waals surface area contributed by atoms with Crippen LogP contribution in [0.1, 0.15) is 79.0 Å². The van der Waals surface area contributed by atoms with Gasteiger partial charge in [0.2, 0.25) is 5.88 Å². The summed E-state index contributed by atoms with van der Waals surface area (Å²) in [6.45, 7) is 19.6. The molecule has 7 aromatic rings. The van der Waals surface area contributed by atoms with Crippen LogP contribution in [0.3, 0.4) is 0 Å². The number of phenols is 1. The third-order valence-corrected chi connectivity index (χ3v) is 9.57. The molecule has 268 valence electrons. The van der Waals surface area contributed by atoms with E-state index in [-0.39, 0.29) is 43.1 Å². The Hall–Kier alpha value is -4.73. The van der Waals surface area contributed by atoms with Crippen LogP contribution < -0.4 is 4.74 Å². The number of benzene rings is 4. The first-order chi connectivity index (χ1) is 24.1. The van der Waals surface area contributed by atoms with Crippen LogP contribution in [-0.2, 0) is 37.3 Å². The maximum absolute atomic E-state index is 12.0. The van der Waals surface area contributed by atoms with Gasteiger partial charge in [-0.05, 0) is 56.8 Å². The van der Waals surface area contributed by atoms with Crippen molar-refractivity contribution in [1.29, 1.82) is 0 Å². The molecular weight excluding hydrogens is 822 g/mol. The molecule has 0 saturated heterocycles. The number of pyridine rings is 2. The van der Waals surface area contributed by atoms with E-state index in [1.807, 2.05) is 42.5 Å². The van der Waals surface area contributed by atoms with E-state index in [1.54, 1.807) is 6.20 Å². The minimum atomic E-state index is -0.272. The molecule has 7 rings (SSSR count). The molecule has 0 spiro atoms. The molecule has 1 N–H and O–H groups in total. The number of fused-ring (bicyclic) bond motifs is 3. The molecule has 0 radical (unpaired) electrons. The maximum atomic E-state index is 12.0. The third-order valence-electron chi connectivity index (χ3n) is 9.57. The molecular formula is C46H46N3O2Pt-. The first-order valence-corrected chi connectivity index (χ1v) is 17.6. The van der Waals surface area contributed by atoms with Crippen molar-refractivity contribution in [2.75, 3.05) is 0 Å². The zero-order valence-corrected chi connectivity index (χ0v) is 33.7. The van der Waals surface area contributed by atoms with E-state index in [2.05, 4.69) is 139 Å². The summed E-state index contributed by atoms with van der Waals surface area (Å²) in [5.74, 6) is 1.34. The summed E-state index contributed by atoms with van der Waals surface area (Å²) in [5, 5.41) is 14.1. The number of ether oxygens (including phenoxy) is 1. The molecule has 0 aliphatic rings. The molecule has 0 atom stereocenters. The number of aromatic nitrogens is 3. The number of hydrogen-bond acceptors (Lipinski definition) is 4. The Balaban J connectivity index is 0.00000464. The van der Waals surface area contributed by atoms with E-state index >= 15 is 0 Å². The normalized spacial score (nSPS) is 12.2. The third kappa shape index (κ3) is 7.17. The summed E-state index contributed by atoms with van der Waals surface area (Å²) in [4.78, 5) is 9.90. The Labute approximate surface area is 322 Å². The van der Waals surface area contributed by atoms with Crippen LogP contribution in [0.4, 0.5) is 0 Å². The summed E-state index contributed by atoms with van der Waals surface area (Å²) < 4.78 is 8.56. The van der Waals surface area contributed by atoms with Gasteiger partial charge < -0.3 is 9.84 Å². The molecule has 4 aromatic carbocycles. The summed E-state index contributed by atoms with van der Waals surface area (Å²) >= 11 is 0. The van der Waals surface area contributed by atoms with Crippen molar-refractivity contribution in [3.05, 3.63) is 132 Å². The van der Waals surface area contributed by atoms with Gasteiger partial charge in [-0.1, -0.05) is 141 Å². The number of aromatic hydroxyl groups is 1. The van der Waals surface area contributed by atoms with Crippen molar-refractivity contribution in [3.8, 4) is 45.5 Å². The first-order valence-electron chi connectivity index (χ1n) is 17.6. The van der Waals surface area contributed by atoms with Gasteiger partial charge in [0.05, 0.1) is 11.2 Å². The topological polar surface area (TPSA) is 60.2 Å². The van der Waals surface area contributed by atoms with Crippen LogP contribution in [0.25, 0.3) is 50.0 Å². The Morgan fingerprint density at radius 3 is 2.02 bits per heavy atom. The van der Waals surface area contributed by atoms with Crippen molar-refractivity contribution in [2.24, 2.45) is 0 Å². The molecule has 0 saturated carbocycles. The van der Waals surface area contributed by atoms with E-state index in [1.165, 1.54) is 0 Å². The van der Waals surface area contributed by atoms with Gasteiger partial charge in [0.1, 0.15) is 11.4 Å². The van der Waals surface area contributed by atoms with Crippen LogP contribution >= 0.6 is 0 Å². The smallest absolute Gasteiger partial charge is 0.217 e. The minimum absolute atomic E-state index is 0. The fourth-order valence-corrected chi connectivity index (χ4v) is 6.59. The molecule has 3 aromatic heterocycles. The number of hydrogen-bond donors (Lipinski definition) is 1. The van der Waals surface area contributed by atoms with Crippen LogP contribution in [0, 0.1) is 6.07 Å². The second-order valence-electron chi connectivity index (χ2n) is 16.6. The molecule has 52 heavy (non-hydrogen) atoms. The van der Waals surface area contributed by atoms with Crippen molar-refractivity contribution < 1.29 is 30.9 Å². The van der Waals surface area contributed by atoms with Crippen molar-refractivity contribution >= 4 is 21.9 Å². The average molecular weight is 868 g/mol. The molecule has 0 fully saturated rings. The zero-order chi connectivity index (χ0) is 36.3. The predicted molar refractivity (Wildman–Crippen MR) is 210 cm³/mol. The Morgan fingerprint density at radius 1 is 0.654 bits per heavy atom. The Bertz CT molecular complexity index is 2410. The van der Waals surface area contributed by atoms with Gasteiger partial charge in [0, 0.05) is 55.4 Å². The van der Waals surface area contributed by atoms with Crippen molar-refractivity contribution in [2.45, 2.75) is 78.6 Å². The number of nitrogens with zero attached hydrogens (tertiary/aromatic N) is 3. The summed E-state index contributed by atoms with van der Waals surface area (Å²) in [6.07, 6.45) is 1.77. The van der Waals surface area contributed by atoms with Crippen LogP contribution in [0.5, 0.6) is 17.4 Å². The number of para-hydroxylation sites is 1. The fourth-order valence-electron chi connectivity index (χ4n) is 6.59. The predicted octanol–water partition coefficient (Wildman–Crippen LogP) is 12.1. The van der Waals surface area contributed by atoms with Crippen molar-refractivity contribution in [1.82, 2.24) is 14.5 Å². The van der Waals surface area contributed by atoms with Gasteiger partial charge in [0.25, 0.3) is 0 Å². The molecule has 0 aliphatic carbocycles. The monoisotopic (exact) mass is 867 g/mol. The Kier molecular flexibility index (Phi) is 9.74. The Morgan fingerprint density at radius 2 is 1.33 bits per heavy atom. The minimum Gasteiger partial charge on any atom is -0.505 e. The number of phenolic OH excluding ortho intramolecular Hbond substituents is 1. The quantitative estimate of drug-likeness (QED) is 0.175. The van der Waals surface area contributed by atoms with Gasteiger partial charge in [-0.3, -0.25) is 9.55 Å². The molecule has 0 amide bonds. The van der Waals surface area contributed by atoms with E-state index in [4.69, 9.17) is 9.72 Å². The second kappa shape index (κ2) is 13.7. The molecule has 0 bridgehead atoms. The average Bonchev–Trinajstić information content (AvgIpc) is 3.41. The standard InChI is InChI=1S/C46H46N3O2.Pt/c1-44(2,3)32-23-31(24-34(26-32)51-41-25-30(21-22-47-41)29-15-11-10-12-16-29)38-20-19-36-35-17-13-14-18-39(35)49(43(36)48-38)40-28-33(45(4,5)6)27-37(42(40)50)46(7,8)9;/h10-23,25-28,50H,1-9H3;/q-1;. The van der Waals surface area contributed by atoms with Gasteiger partial charge in [-0.25, -0.2) is 4.98 Å². The van der Waals surface area contributed by atoms with Crippen LogP contribution in [0.15, 0.2) is 109 Å². The van der Waals surface area contributed by atoms with Gasteiger partial charge in [-0.2, -0.15) is 0 Å². The van der Waals surface area contributed by atoms with Gasteiger partial charge in [-0.15, -0.1) is 17.2 Å².